The quantitative estimate of drug-likeness (QED) is 0.465. The summed E-state index contributed by atoms with van der Waals surface area (Å²) in [6.07, 6.45) is 3.36. The maximum Gasteiger partial charge on any atom is 0.275 e. The highest BCUT2D eigenvalue weighted by atomic mass is 32.1. The first-order valence-electron chi connectivity index (χ1n) is 10.7. The van der Waals surface area contributed by atoms with Crippen molar-refractivity contribution in [2.75, 3.05) is 29.9 Å². The molecule has 1 unspecified atom stereocenters. The molecule has 1 aliphatic heterocycles. The number of nitrogens with one attached hydrogen (secondary N) is 1. The zero-order valence-corrected chi connectivity index (χ0v) is 19.4. The van der Waals surface area contributed by atoms with E-state index in [1.54, 1.807) is 16.7 Å². The van der Waals surface area contributed by atoms with Crippen LogP contribution in [0, 0.1) is 5.92 Å². The van der Waals surface area contributed by atoms with Crippen molar-refractivity contribution in [3.05, 3.63) is 52.3 Å². The molecule has 1 saturated heterocycles. The highest BCUT2D eigenvalue weighted by Gasteiger charge is 2.23. The van der Waals surface area contributed by atoms with Gasteiger partial charge in [-0.05, 0) is 60.9 Å². The van der Waals surface area contributed by atoms with Crippen LogP contribution in [-0.2, 0) is 11.2 Å². The Morgan fingerprint density at radius 2 is 2.12 bits per heavy atom. The van der Waals surface area contributed by atoms with Gasteiger partial charge in [-0.2, -0.15) is 0 Å². The van der Waals surface area contributed by atoms with Crippen LogP contribution in [0.4, 0.5) is 11.4 Å². The van der Waals surface area contributed by atoms with Crippen LogP contribution in [0.3, 0.4) is 0 Å². The third-order valence-electron chi connectivity index (χ3n) is 5.59. The van der Waals surface area contributed by atoms with E-state index in [4.69, 9.17) is 11.5 Å². The van der Waals surface area contributed by atoms with Crippen molar-refractivity contribution in [3.63, 3.8) is 0 Å². The number of hydrogen-bond donors (Lipinski definition) is 3. The molecule has 9 heteroatoms. The molecule has 0 saturated carbocycles. The predicted molar refractivity (Wildman–Crippen MR) is 131 cm³/mol. The number of anilines is 2. The summed E-state index contributed by atoms with van der Waals surface area (Å²) < 4.78 is 0. The molecule has 0 radical (unpaired) electrons. The number of nitrogens with two attached hydrogens (primary N) is 2. The van der Waals surface area contributed by atoms with Crippen molar-refractivity contribution in [3.8, 4) is 9.88 Å². The van der Waals surface area contributed by atoms with Gasteiger partial charge in [-0.3, -0.25) is 9.59 Å². The number of piperidine rings is 1. The van der Waals surface area contributed by atoms with E-state index in [-0.39, 0.29) is 18.2 Å². The number of carbonyl (C=O) groups excluding carboxylic acids is 2. The number of rotatable bonds is 8. The molecule has 3 heterocycles. The van der Waals surface area contributed by atoms with Crippen LogP contribution in [0.2, 0.25) is 0 Å². The molecule has 0 bridgehead atoms. The van der Waals surface area contributed by atoms with Crippen LogP contribution < -0.4 is 21.7 Å². The molecule has 2 amide bonds. The molecule has 1 atom stereocenters. The van der Waals surface area contributed by atoms with E-state index in [1.807, 2.05) is 35.7 Å². The zero-order valence-electron chi connectivity index (χ0n) is 17.8. The maximum absolute atomic E-state index is 13.0. The van der Waals surface area contributed by atoms with Crippen molar-refractivity contribution in [2.45, 2.75) is 25.7 Å². The Morgan fingerprint density at radius 3 is 2.88 bits per heavy atom. The molecule has 2 aromatic heterocycles. The minimum absolute atomic E-state index is 0.164. The van der Waals surface area contributed by atoms with Crippen molar-refractivity contribution >= 4 is 45.9 Å². The first-order valence-corrected chi connectivity index (χ1v) is 12.5. The lowest BCUT2D eigenvalue weighted by Gasteiger charge is -2.35. The third kappa shape index (κ3) is 5.35. The van der Waals surface area contributed by atoms with Gasteiger partial charge in [-0.1, -0.05) is 12.1 Å². The summed E-state index contributed by atoms with van der Waals surface area (Å²) in [6, 6.07) is 9.61. The summed E-state index contributed by atoms with van der Waals surface area (Å²) in [5.74, 6) is -0.108. The van der Waals surface area contributed by atoms with E-state index >= 15 is 0 Å². The molecule has 1 aliphatic rings. The number of thiazole rings is 1. The van der Waals surface area contributed by atoms with Gasteiger partial charge in [0.2, 0.25) is 5.91 Å². The minimum Gasteiger partial charge on any atom is -0.370 e. The van der Waals surface area contributed by atoms with Crippen molar-refractivity contribution in [1.29, 1.82) is 0 Å². The second kappa shape index (κ2) is 10.2. The van der Waals surface area contributed by atoms with E-state index in [9.17, 15) is 9.59 Å². The molecule has 0 aliphatic carbocycles. The van der Waals surface area contributed by atoms with Gasteiger partial charge >= 0.3 is 0 Å². The Balaban J connectivity index is 1.58. The average molecular weight is 470 g/mol. The monoisotopic (exact) mass is 469 g/mol. The lowest BCUT2D eigenvalue weighted by molar-refractivity contribution is -0.117. The SMILES string of the molecule is NCCC1CCCN(c2cc(CC(N)=O)ccc2NC(=O)c2csc(-c3cccs3)n2)C1. The molecular weight excluding hydrogens is 442 g/mol. The second-order valence-corrected chi connectivity index (χ2v) is 9.80. The van der Waals surface area contributed by atoms with Crippen LogP contribution in [0.1, 0.15) is 35.3 Å². The van der Waals surface area contributed by atoms with Crippen molar-refractivity contribution < 1.29 is 9.59 Å². The second-order valence-electron chi connectivity index (χ2n) is 8.00. The van der Waals surface area contributed by atoms with Gasteiger partial charge in [0.15, 0.2) is 0 Å². The van der Waals surface area contributed by atoms with E-state index in [0.29, 0.717) is 23.8 Å². The summed E-state index contributed by atoms with van der Waals surface area (Å²) in [7, 11) is 0. The molecule has 1 fully saturated rings. The fraction of sp³-hybridized carbons (Fsp3) is 0.348. The summed E-state index contributed by atoms with van der Waals surface area (Å²) in [5, 5.41) is 7.65. The fourth-order valence-electron chi connectivity index (χ4n) is 4.09. The van der Waals surface area contributed by atoms with Crippen LogP contribution in [0.25, 0.3) is 9.88 Å². The Hall–Kier alpha value is -2.75. The van der Waals surface area contributed by atoms with Gasteiger partial charge in [0.1, 0.15) is 10.7 Å². The number of nitrogens with zero attached hydrogens (tertiary/aromatic N) is 2. The summed E-state index contributed by atoms with van der Waals surface area (Å²) in [4.78, 5) is 32.3. The summed E-state index contributed by atoms with van der Waals surface area (Å²) in [5.41, 5.74) is 14.0. The summed E-state index contributed by atoms with van der Waals surface area (Å²) in [6.45, 7) is 2.43. The topological polar surface area (TPSA) is 114 Å². The normalized spacial score (nSPS) is 16.2. The Bertz CT molecular complexity index is 1080. The Kier molecular flexibility index (Phi) is 7.19. The lowest BCUT2D eigenvalue weighted by atomic mass is 9.94. The van der Waals surface area contributed by atoms with Crippen LogP contribution in [-0.4, -0.2) is 36.4 Å². The standard InChI is InChI=1S/C23H27N5O2S2/c24-8-7-15-3-1-9-28(13-15)19-11-16(12-21(25)29)5-6-17(19)26-22(30)18-14-32-23(27-18)20-4-2-10-31-20/h2,4-6,10-11,14-15H,1,3,7-9,12-13,24H2,(H2,25,29)(H,26,30). The van der Waals surface area contributed by atoms with Gasteiger partial charge in [0.05, 0.1) is 22.7 Å². The van der Waals surface area contributed by atoms with Crippen LogP contribution >= 0.6 is 22.7 Å². The average Bonchev–Trinajstić information content (AvgIpc) is 3.47. The van der Waals surface area contributed by atoms with E-state index in [0.717, 1.165) is 53.5 Å². The van der Waals surface area contributed by atoms with Crippen LogP contribution in [0.15, 0.2) is 41.1 Å². The first kappa shape index (κ1) is 22.4. The molecule has 32 heavy (non-hydrogen) atoms. The molecule has 3 aromatic rings. The fourth-order valence-corrected chi connectivity index (χ4v) is 5.70. The Morgan fingerprint density at radius 1 is 1.25 bits per heavy atom. The maximum atomic E-state index is 13.0. The lowest BCUT2D eigenvalue weighted by Crippen LogP contribution is -2.37. The van der Waals surface area contributed by atoms with Gasteiger partial charge in [-0.25, -0.2) is 4.98 Å². The smallest absolute Gasteiger partial charge is 0.275 e. The molecule has 7 nitrogen and oxygen atoms in total. The minimum atomic E-state index is -0.379. The van der Waals surface area contributed by atoms with Crippen molar-refractivity contribution in [2.24, 2.45) is 17.4 Å². The van der Waals surface area contributed by atoms with E-state index < -0.39 is 0 Å². The number of amides is 2. The van der Waals surface area contributed by atoms with E-state index in [2.05, 4.69) is 15.2 Å². The first-order chi connectivity index (χ1) is 15.5. The number of carbonyl (C=O) groups is 2. The predicted octanol–water partition coefficient (Wildman–Crippen LogP) is 3.72. The molecule has 4 rings (SSSR count). The highest BCUT2D eigenvalue weighted by molar-refractivity contribution is 7.20. The molecule has 1 aromatic carbocycles. The van der Waals surface area contributed by atoms with Gasteiger partial charge in [-0.15, -0.1) is 22.7 Å². The van der Waals surface area contributed by atoms with Gasteiger partial charge in [0.25, 0.3) is 5.91 Å². The number of hydrogen-bond acceptors (Lipinski definition) is 7. The molecule has 168 valence electrons. The largest absolute Gasteiger partial charge is 0.370 e. The zero-order chi connectivity index (χ0) is 22.5. The van der Waals surface area contributed by atoms with Crippen LogP contribution in [0.5, 0.6) is 0 Å². The van der Waals surface area contributed by atoms with E-state index in [1.165, 1.54) is 11.3 Å². The number of benzene rings is 1. The highest BCUT2D eigenvalue weighted by Crippen LogP contribution is 2.33. The van der Waals surface area contributed by atoms with Gasteiger partial charge in [0, 0.05) is 18.5 Å². The Labute approximate surface area is 195 Å². The summed E-state index contributed by atoms with van der Waals surface area (Å²) >= 11 is 3.06. The van der Waals surface area contributed by atoms with Crippen molar-refractivity contribution in [1.82, 2.24) is 4.98 Å². The third-order valence-corrected chi connectivity index (χ3v) is 7.47. The number of primary amides is 1. The number of aromatic nitrogens is 1. The number of thiophene rings is 1. The molecule has 5 N–H and O–H groups in total. The van der Waals surface area contributed by atoms with Gasteiger partial charge < -0.3 is 21.7 Å². The molecular formula is C23H27N5O2S2. The molecule has 0 spiro atoms.